The van der Waals surface area contributed by atoms with E-state index in [0.717, 1.165) is 22.8 Å². The molecule has 10 heteroatoms. The molecule has 0 amide bonds. The maximum Gasteiger partial charge on any atom is 0.416 e. The Morgan fingerprint density at radius 3 is 2.81 bits per heavy atom. The number of alkyl halides is 3. The number of imidazole rings is 1. The highest BCUT2D eigenvalue weighted by Crippen LogP contribution is 2.29. The molecule has 0 fully saturated rings. The maximum atomic E-state index is 12.8. The van der Waals surface area contributed by atoms with Crippen LogP contribution in [0.1, 0.15) is 23.7 Å². The zero-order chi connectivity index (χ0) is 18.6. The lowest BCUT2D eigenvalue weighted by Gasteiger charge is -2.11. The molecule has 0 aliphatic rings. The summed E-state index contributed by atoms with van der Waals surface area (Å²) >= 11 is 1.55. The largest absolute Gasteiger partial charge is 0.416 e. The fourth-order valence-corrected chi connectivity index (χ4v) is 3.11. The van der Waals surface area contributed by atoms with E-state index in [4.69, 9.17) is 0 Å². The Bertz CT molecular complexity index is 875. The van der Waals surface area contributed by atoms with Crippen LogP contribution in [0.25, 0.3) is 4.96 Å². The lowest BCUT2D eigenvalue weighted by molar-refractivity contribution is -0.137. The highest BCUT2D eigenvalue weighted by molar-refractivity contribution is 14.0. The molecule has 0 saturated heterocycles. The Hall–Kier alpha value is -1.82. The van der Waals surface area contributed by atoms with E-state index in [9.17, 15) is 13.2 Å². The van der Waals surface area contributed by atoms with Crippen LogP contribution in [0.3, 0.4) is 0 Å². The molecule has 0 spiro atoms. The normalized spacial score (nSPS) is 12.1. The van der Waals surface area contributed by atoms with Gasteiger partial charge >= 0.3 is 6.18 Å². The molecule has 3 rings (SSSR count). The lowest BCUT2D eigenvalue weighted by Crippen LogP contribution is -2.36. The van der Waals surface area contributed by atoms with E-state index >= 15 is 0 Å². The van der Waals surface area contributed by atoms with Gasteiger partial charge in [-0.2, -0.15) is 13.2 Å². The minimum atomic E-state index is -4.35. The number of benzene rings is 1. The standard InChI is InChI=1S/C17H18F3N5S.HI/c1-2-21-15(23-10-14-11-25-6-7-26-16(25)24-14)22-9-12-4-3-5-13(8-12)17(18,19)20;/h3-8,11H,2,9-10H2,1H3,(H2,21,22,23);1H. The van der Waals surface area contributed by atoms with Crippen molar-refractivity contribution in [1.29, 1.82) is 0 Å². The van der Waals surface area contributed by atoms with Gasteiger partial charge in [-0.3, -0.25) is 4.40 Å². The number of nitrogens with one attached hydrogen (secondary N) is 2. The van der Waals surface area contributed by atoms with Gasteiger partial charge in [0.05, 0.1) is 24.3 Å². The number of aromatic nitrogens is 2. The van der Waals surface area contributed by atoms with Crippen LogP contribution in [0.4, 0.5) is 13.2 Å². The molecule has 3 aromatic rings. The van der Waals surface area contributed by atoms with Gasteiger partial charge in [-0.25, -0.2) is 9.98 Å². The summed E-state index contributed by atoms with van der Waals surface area (Å²) in [5, 5.41) is 8.19. The Kier molecular flexibility index (Phi) is 7.48. The number of hydrogen-bond donors (Lipinski definition) is 2. The summed E-state index contributed by atoms with van der Waals surface area (Å²) in [7, 11) is 0. The molecule has 0 radical (unpaired) electrons. The molecule has 2 N–H and O–H groups in total. The van der Waals surface area contributed by atoms with Crippen LogP contribution in [-0.2, 0) is 19.3 Å². The van der Waals surface area contributed by atoms with E-state index in [-0.39, 0.29) is 30.5 Å². The molecule has 0 bridgehead atoms. The molecule has 0 unspecified atom stereocenters. The molecular weight excluding hydrogens is 490 g/mol. The van der Waals surface area contributed by atoms with Crippen LogP contribution in [0, 0.1) is 0 Å². The summed E-state index contributed by atoms with van der Waals surface area (Å²) < 4.78 is 40.3. The SMILES string of the molecule is CCNC(=NCc1cccc(C(F)(F)F)c1)NCc1cn2ccsc2n1.I. The summed E-state index contributed by atoms with van der Waals surface area (Å²) in [5.41, 5.74) is 0.697. The second-order valence-electron chi connectivity index (χ2n) is 5.57. The Balaban J connectivity index is 0.00000261. The molecule has 27 heavy (non-hydrogen) atoms. The summed E-state index contributed by atoms with van der Waals surface area (Å²) in [6.45, 7) is 3.20. The number of aliphatic imine (C=N–C) groups is 1. The second-order valence-corrected chi connectivity index (χ2v) is 6.44. The zero-order valence-corrected chi connectivity index (χ0v) is 17.6. The molecule has 1 aromatic carbocycles. The van der Waals surface area contributed by atoms with Crippen LogP contribution in [0.2, 0.25) is 0 Å². The molecule has 2 aromatic heterocycles. The van der Waals surface area contributed by atoms with Gasteiger partial charge in [-0.15, -0.1) is 35.3 Å². The fraction of sp³-hybridized carbons (Fsp3) is 0.294. The third-order valence-electron chi connectivity index (χ3n) is 3.60. The van der Waals surface area contributed by atoms with Crippen LogP contribution in [0.5, 0.6) is 0 Å². The zero-order valence-electron chi connectivity index (χ0n) is 14.5. The van der Waals surface area contributed by atoms with Gasteiger partial charge in [-0.1, -0.05) is 12.1 Å². The van der Waals surface area contributed by atoms with E-state index < -0.39 is 11.7 Å². The van der Waals surface area contributed by atoms with Crippen molar-refractivity contribution in [3.05, 3.63) is 58.9 Å². The minimum Gasteiger partial charge on any atom is -0.357 e. The Morgan fingerprint density at radius 1 is 1.30 bits per heavy atom. The topological polar surface area (TPSA) is 53.7 Å². The van der Waals surface area contributed by atoms with Crippen molar-refractivity contribution in [3.63, 3.8) is 0 Å². The van der Waals surface area contributed by atoms with Gasteiger partial charge < -0.3 is 10.6 Å². The van der Waals surface area contributed by atoms with Crippen molar-refractivity contribution in [1.82, 2.24) is 20.0 Å². The average Bonchev–Trinajstić information content (AvgIpc) is 3.18. The van der Waals surface area contributed by atoms with E-state index in [1.54, 1.807) is 17.4 Å². The monoisotopic (exact) mass is 509 g/mol. The predicted molar refractivity (Wildman–Crippen MR) is 112 cm³/mol. The molecule has 0 saturated carbocycles. The molecule has 0 aliphatic carbocycles. The first-order chi connectivity index (χ1) is 12.5. The number of fused-ring (bicyclic) bond motifs is 1. The van der Waals surface area contributed by atoms with Crippen molar-refractivity contribution in [2.45, 2.75) is 26.2 Å². The predicted octanol–water partition coefficient (Wildman–Crippen LogP) is 4.29. The van der Waals surface area contributed by atoms with Crippen LogP contribution >= 0.6 is 35.3 Å². The number of rotatable bonds is 5. The van der Waals surface area contributed by atoms with Gasteiger partial charge in [0.2, 0.25) is 0 Å². The third kappa shape index (κ3) is 5.83. The van der Waals surface area contributed by atoms with E-state index in [0.29, 0.717) is 24.6 Å². The van der Waals surface area contributed by atoms with Crippen molar-refractivity contribution in [2.75, 3.05) is 6.54 Å². The molecule has 0 atom stereocenters. The highest BCUT2D eigenvalue weighted by Gasteiger charge is 2.30. The number of guanidine groups is 1. The first-order valence-electron chi connectivity index (χ1n) is 8.05. The average molecular weight is 509 g/mol. The number of halogens is 4. The van der Waals surface area contributed by atoms with Crippen LogP contribution < -0.4 is 10.6 Å². The lowest BCUT2D eigenvalue weighted by atomic mass is 10.1. The van der Waals surface area contributed by atoms with Crippen molar-refractivity contribution in [3.8, 4) is 0 Å². The summed E-state index contributed by atoms with van der Waals surface area (Å²) in [6, 6.07) is 5.20. The summed E-state index contributed by atoms with van der Waals surface area (Å²) in [4.78, 5) is 9.74. The number of hydrogen-bond acceptors (Lipinski definition) is 3. The van der Waals surface area contributed by atoms with Gasteiger partial charge in [0.25, 0.3) is 0 Å². The molecular formula is C17H19F3IN5S. The molecule has 146 valence electrons. The van der Waals surface area contributed by atoms with Gasteiger partial charge in [-0.05, 0) is 24.6 Å². The smallest absolute Gasteiger partial charge is 0.357 e. The molecule has 0 aliphatic heterocycles. The number of thiazole rings is 1. The summed E-state index contributed by atoms with van der Waals surface area (Å²) in [5.74, 6) is 0.529. The first kappa shape index (κ1) is 21.5. The number of nitrogens with zero attached hydrogens (tertiary/aromatic N) is 3. The van der Waals surface area contributed by atoms with E-state index in [2.05, 4.69) is 20.6 Å². The first-order valence-corrected chi connectivity index (χ1v) is 8.93. The second kappa shape index (κ2) is 9.40. The Labute approximate surface area is 175 Å². The van der Waals surface area contributed by atoms with Crippen molar-refractivity contribution < 1.29 is 13.2 Å². The van der Waals surface area contributed by atoms with E-state index in [1.165, 1.54) is 6.07 Å². The third-order valence-corrected chi connectivity index (χ3v) is 4.37. The maximum absolute atomic E-state index is 12.8. The fourth-order valence-electron chi connectivity index (χ4n) is 2.39. The van der Waals surface area contributed by atoms with Crippen molar-refractivity contribution in [2.24, 2.45) is 4.99 Å². The van der Waals surface area contributed by atoms with Gasteiger partial charge in [0.15, 0.2) is 10.9 Å². The van der Waals surface area contributed by atoms with Crippen molar-refractivity contribution >= 4 is 46.2 Å². The summed E-state index contributed by atoms with van der Waals surface area (Å²) in [6.07, 6.45) is -0.491. The van der Waals surface area contributed by atoms with E-state index in [1.807, 2.05) is 29.1 Å². The molecule has 2 heterocycles. The Morgan fingerprint density at radius 2 is 2.11 bits per heavy atom. The minimum absolute atomic E-state index is 0. The highest BCUT2D eigenvalue weighted by atomic mass is 127. The molecule has 5 nitrogen and oxygen atoms in total. The van der Waals surface area contributed by atoms with Crippen LogP contribution in [0.15, 0.2) is 47.0 Å². The van der Waals surface area contributed by atoms with Crippen LogP contribution in [-0.4, -0.2) is 21.9 Å². The quantitative estimate of drug-likeness (QED) is 0.307. The van der Waals surface area contributed by atoms with Gasteiger partial charge in [0.1, 0.15) is 0 Å². The van der Waals surface area contributed by atoms with Gasteiger partial charge in [0, 0.05) is 24.3 Å².